The number of carbonyl (C=O) groups is 2. The molecule has 1 aromatic rings. The molecule has 4 atom stereocenters. The minimum Gasteiger partial charge on any atom is -0.508 e. The molecular weight excluding hydrogens is 364 g/mol. The Balaban J connectivity index is 1.37. The summed E-state index contributed by atoms with van der Waals surface area (Å²) >= 11 is 0. The summed E-state index contributed by atoms with van der Waals surface area (Å²) in [4.78, 5) is 30.5. The van der Waals surface area contributed by atoms with Crippen molar-refractivity contribution in [3.05, 3.63) is 29.3 Å². The number of benzene rings is 1. The highest BCUT2D eigenvalue weighted by atomic mass is 16.3. The minimum atomic E-state index is -0.408. The fourth-order valence-electron chi connectivity index (χ4n) is 6.72. The Morgan fingerprint density at radius 3 is 2.72 bits per heavy atom. The SMILES string of the molecule is C[C@]12CCC3c4ccc(O)cc4CC[C@H]3C1CC(=O)N(CCN1CCCC1)C2=O. The van der Waals surface area contributed by atoms with Gasteiger partial charge in [0.15, 0.2) is 0 Å². The van der Waals surface area contributed by atoms with Crippen LogP contribution in [0.5, 0.6) is 5.75 Å². The molecule has 1 aromatic carbocycles. The highest BCUT2D eigenvalue weighted by molar-refractivity contribution is 6.01. The molecular formula is C24H32N2O3. The van der Waals surface area contributed by atoms with E-state index in [1.54, 1.807) is 11.0 Å². The van der Waals surface area contributed by atoms with Gasteiger partial charge in [-0.1, -0.05) is 13.0 Å². The number of carbonyl (C=O) groups excluding carboxylic acids is 2. The molecule has 5 rings (SSSR count). The number of hydrogen-bond acceptors (Lipinski definition) is 4. The minimum absolute atomic E-state index is 0.0359. The Kier molecular flexibility index (Phi) is 4.69. The van der Waals surface area contributed by atoms with E-state index in [1.807, 2.05) is 6.07 Å². The third-order valence-electron chi connectivity index (χ3n) is 8.37. The molecule has 2 unspecified atom stereocenters. The molecule has 29 heavy (non-hydrogen) atoms. The number of phenols is 1. The lowest BCUT2D eigenvalue weighted by Crippen LogP contribution is -2.60. The molecule has 2 amide bonds. The first-order valence-corrected chi connectivity index (χ1v) is 11.4. The smallest absolute Gasteiger partial charge is 0.235 e. The first-order chi connectivity index (χ1) is 14.0. The lowest BCUT2D eigenvalue weighted by molar-refractivity contribution is -0.167. The van der Waals surface area contributed by atoms with E-state index < -0.39 is 5.41 Å². The van der Waals surface area contributed by atoms with Gasteiger partial charge >= 0.3 is 0 Å². The molecule has 0 bridgehead atoms. The second kappa shape index (κ2) is 7.12. The predicted molar refractivity (Wildman–Crippen MR) is 111 cm³/mol. The third-order valence-corrected chi connectivity index (χ3v) is 8.37. The van der Waals surface area contributed by atoms with Gasteiger partial charge in [0.25, 0.3) is 0 Å². The van der Waals surface area contributed by atoms with E-state index in [1.165, 1.54) is 24.0 Å². The van der Waals surface area contributed by atoms with Gasteiger partial charge in [-0.15, -0.1) is 0 Å². The molecule has 1 N–H and O–H groups in total. The quantitative estimate of drug-likeness (QED) is 0.797. The first kappa shape index (κ1) is 19.1. The summed E-state index contributed by atoms with van der Waals surface area (Å²) < 4.78 is 0. The Morgan fingerprint density at radius 1 is 1.14 bits per heavy atom. The van der Waals surface area contributed by atoms with Crippen LogP contribution in [0, 0.1) is 17.3 Å². The number of likely N-dealkylation sites (tertiary alicyclic amines) is 2. The van der Waals surface area contributed by atoms with E-state index in [2.05, 4.69) is 17.9 Å². The zero-order chi connectivity index (χ0) is 20.2. The topological polar surface area (TPSA) is 60.9 Å². The summed E-state index contributed by atoms with van der Waals surface area (Å²) in [5, 5.41) is 9.84. The van der Waals surface area contributed by atoms with Crippen LogP contribution >= 0.6 is 0 Å². The molecule has 0 aromatic heterocycles. The van der Waals surface area contributed by atoms with E-state index in [0.29, 0.717) is 30.6 Å². The number of rotatable bonds is 3. The number of aryl methyl sites for hydroxylation is 1. The normalized spacial score (nSPS) is 34.7. The summed E-state index contributed by atoms with van der Waals surface area (Å²) in [6.45, 7) is 5.68. The largest absolute Gasteiger partial charge is 0.508 e. The molecule has 0 spiro atoms. The lowest BCUT2D eigenvalue weighted by Gasteiger charge is -2.54. The Labute approximate surface area is 173 Å². The van der Waals surface area contributed by atoms with Crippen LogP contribution in [0.2, 0.25) is 0 Å². The number of phenolic OH excluding ortho intramolecular Hbond substituents is 1. The Bertz CT molecular complexity index is 831. The van der Waals surface area contributed by atoms with E-state index >= 15 is 0 Å². The summed E-state index contributed by atoms with van der Waals surface area (Å²) in [7, 11) is 0. The second-order valence-electron chi connectivity index (χ2n) is 9.86. The molecule has 2 heterocycles. The maximum atomic E-state index is 13.5. The Morgan fingerprint density at radius 2 is 1.93 bits per heavy atom. The highest BCUT2D eigenvalue weighted by Gasteiger charge is 2.57. The van der Waals surface area contributed by atoms with Crippen LogP contribution in [0.15, 0.2) is 18.2 Å². The van der Waals surface area contributed by atoms with Gasteiger partial charge in [0, 0.05) is 19.5 Å². The standard InChI is InChI=1S/C24H32N2O3/c1-24-9-8-19-18-7-5-17(27)14-16(18)4-6-20(19)21(24)15-22(28)26(23(24)29)13-12-25-10-2-3-11-25/h5,7,14,19-21,27H,2-4,6,8-13,15H2,1H3/t19?,20-,21?,24+/m1/s1. The van der Waals surface area contributed by atoms with E-state index in [9.17, 15) is 14.7 Å². The van der Waals surface area contributed by atoms with Crippen molar-refractivity contribution in [1.82, 2.24) is 9.80 Å². The lowest BCUT2D eigenvalue weighted by atomic mass is 9.52. The van der Waals surface area contributed by atoms with E-state index in [4.69, 9.17) is 0 Å². The van der Waals surface area contributed by atoms with Crippen molar-refractivity contribution < 1.29 is 14.7 Å². The van der Waals surface area contributed by atoms with Crippen molar-refractivity contribution >= 4 is 11.8 Å². The number of amides is 2. The van der Waals surface area contributed by atoms with Crippen molar-refractivity contribution in [2.75, 3.05) is 26.2 Å². The highest BCUT2D eigenvalue weighted by Crippen LogP contribution is 2.58. The zero-order valence-electron chi connectivity index (χ0n) is 17.4. The molecule has 3 fully saturated rings. The molecule has 1 saturated carbocycles. The van der Waals surface area contributed by atoms with Crippen molar-refractivity contribution in [2.24, 2.45) is 17.3 Å². The average Bonchev–Trinajstić information content (AvgIpc) is 3.22. The van der Waals surface area contributed by atoms with Gasteiger partial charge in [0.2, 0.25) is 11.8 Å². The maximum Gasteiger partial charge on any atom is 0.235 e. The number of nitrogens with zero attached hydrogens (tertiary/aromatic N) is 2. The number of imide groups is 1. The van der Waals surface area contributed by atoms with Crippen molar-refractivity contribution in [2.45, 2.75) is 57.8 Å². The average molecular weight is 397 g/mol. The predicted octanol–water partition coefficient (Wildman–Crippen LogP) is 3.31. The third kappa shape index (κ3) is 3.09. The summed E-state index contributed by atoms with van der Waals surface area (Å²) in [6, 6.07) is 5.75. The fourth-order valence-corrected chi connectivity index (χ4v) is 6.72. The van der Waals surface area contributed by atoms with Crippen LogP contribution in [-0.2, 0) is 16.0 Å². The molecule has 0 radical (unpaired) electrons. The van der Waals surface area contributed by atoms with Crippen LogP contribution in [0.1, 0.15) is 62.5 Å². The van der Waals surface area contributed by atoms with Gasteiger partial charge in [-0.05, 0) is 92.6 Å². The molecule has 2 aliphatic heterocycles. The van der Waals surface area contributed by atoms with Crippen molar-refractivity contribution in [1.29, 1.82) is 0 Å². The van der Waals surface area contributed by atoms with Crippen LogP contribution in [0.4, 0.5) is 0 Å². The number of aromatic hydroxyl groups is 1. The molecule has 2 saturated heterocycles. The Hall–Kier alpha value is -1.88. The fraction of sp³-hybridized carbons (Fsp3) is 0.667. The number of hydrogen-bond donors (Lipinski definition) is 1. The van der Waals surface area contributed by atoms with Crippen LogP contribution in [0.3, 0.4) is 0 Å². The van der Waals surface area contributed by atoms with Crippen molar-refractivity contribution in [3.63, 3.8) is 0 Å². The maximum absolute atomic E-state index is 13.5. The molecule has 156 valence electrons. The monoisotopic (exact) mass is 396 g/mol. The van der Waals surface area contributed by atoms with Crippen LogP contribution in [0.25, 0.3) is 0 Å². The van der Waals surface area contributed by atoms with E-state index in [-0.39, 0.29) is 17.7 Å². The van der Waals surface area contributed by atoms with Crippen LogP contribution in [-0.4, -0.2) is 52.9 Å². The van der Waals surface area contributed by atoms with Gasteiger partial charge in [0.05, 0.1) is 5.41 Å². The summed E-state index contributed by atoms with van der Waals surface area (Å²) in [5.74, 6) is 1.39. The van der Waals surface area contributed by atoms with Crippen molar-refractivity contribution in [3.8, 4) is 5.75 Å². The second-order valence-corrected chi connectivity index (χ2v) is 9.86. The summed E-state index contributed by atoms with van der Waals surface area (Å²) in [5.41, 5.74) is 2.17. The number of piperidine rings is 1. The molecule has 2 aliphatic carbocycles. The zero-order valence-corrected chi connectivity index (χ0v) is 17.4. The molecule has 5 nitrogen and oxygen atoms in total. The van der Waals surface area contributed by atoms with Gasteiger partial charge in [0.1, 0.15) is 5.75 Å². The molecule has 5 heteroatoms. The molecule has 4 aliphatic rings. The van der Waals surface area contributed by atoms with Crippen LogP contribution < -0.4 is 0 Å². The van der Waals surface area contributed by atoms with Gasteiger partial charge in [-0.3, -0.25) is 14.5 Å². The number of fused-ring (bicyclic) bond motifs is 5. The van der Waals surface area contributed by atoms with Gasteiger partial charge in [-0.25, -0.2) is 0 Å². The summed E-state index contributed by atoms with van der Waals surface area (Å²) in [6.07, 6.45) is 6.75. The van der Waals surface area contributed by atoms with Gasteiger partial charge < -0.3 is 10.0 Å². The van der Waals surface area contributed by atoms with Gasteiger partial charge in [-0.2, -0.15) is 0 Å². The first-order valence-electron chi connectivity index (χ1n) is 11.4. The van der Waals surface area contributed by atoms with E-state index in [0.717, 1.165) is 45.3 Å².